The van der Waals surface area contributed by atoms with Crippen molar-refractivity contribution in [2.24, 2.45) is 0 Å². The summed E-state index contributed by atoms with van der Waals surface area (Å²) < 4.78 is 1.65. The first-order valence-corrected chi connectivity index (χ1v) is 9.39. The summed E-state index contributed by atoms with van der Waals surface area (Å²) in [6.45, 7) is 4.24. The molecule has 2 heterocycles. The molecule has 2 amide bonds. The Morgan fingerprint density at radius 1 is 1.00 bits per heavy atom. The molecular weight excluding hydrogens is 364 g/mol. The fraction of sp³-hybridized carbons (Fsp3) is 0.136. The number of nitrogen functional groups attached to an aromatic ring is 1. The average molecular weight is 386 g/mol. The van der Waals surface area contributed by atoms with Crippen molar-refractivity contribution in [1.82, 2.24) is 14.8 Å². The van der Waals surface area contributed by atoms with E-state index in [9.17, 15) is 4.79 Å². The highest BCUT2D eigenvalue weighted by atomic mass is 16.2. The van der Waals surface area contributed by atoms with Crippen molar-refractivity contribution < 1.29 is 4.79 Å². The minimum Gasteiger partial charge on any atom is -0.380 e. The molecule has 146 valence electrons. The lowest BCUT2D eigenvalue weighted by Crippen LogP contribution is -2.19. The van der Waals surface area contributed by atoms with Gasteiger partial charge in [-0.2, -0.15) is 0 Å². The smallest absolute Gasteiger partial charge is 0.323 e. The minimum absolute atomic E-state index is 0.287. The van der Waals surface area contributed by atoms with Crippen LogP contribution in [-0.2, 0) is 0 Å². The van der Waals surface area contributed by atoms with Crippen LogP contribution < -0.4 is 16.4 Å². The van der Waals surface area contributed by atoms with Gasteiger partial charge >= 0.3 is 6.03 Å². The van der Waals surface area contributed by atoms with Gasteiger partial charge in [0.1, 0.15) is 5.52 Å². The predicted molar refractivity (Wildman–Crippen MR) is 116 cm³/mol. The molecule has 0 saturated heterocycles. The number of rotatable bonds is 4. The number of fused-ring (bicyclic) bond motifs is 1. The summed E-state index contributed by atoms with van der Waals surface area (Å²) in [5, 5.41) is 13.6. The van der Waals surface area contributed by atoms with E-state index in [0.29, 0.717) is 17.4 Å². The molecule has 0 atom stereocenters. The topological polar surface area (TPSA) is 97.3 Å². The number of anilines is 3. The van der Waals surface area contributed by atoms with Gasteiger partial charge in [-0.3, -0.25) is 0 Å². The number of benzene rings is 2. The third kappa shape index (κ3) is 3.89. The van der Waals surface area contributed by atoms with Crippen molar-refractivity contribution in [2.45, 2.75) is 19.8 Å². The van der Waals surface area contributed by atoms with Gasteiger partial charge in [-0.1, -0.05) is 49.4 Å². The van der Waals surface area contributed by atoms with Gasteiger partial charge in [-0.05, 0) is 47.4 Å². The Labute approximate surface area is 168 Å². The maximum atomic E-state index is 12.3. The monoisotopic (exact) mass is 386 g/mol. The minimum atomic E-state index is -0.287. The number of nitrogens with two attached hydrogens (primary N) is 1. The van der Waals surface area contributed by atoms with E-state index in [2.05, 4.69) is 40.9 Å². The molecule has 4 N–H and O–H groups in total. The first-order valence-electron chi connectivity index (χ1n) is 9.39. The second kappa shape index (κ2) is 7.63. The first-order chi connectivity index (χ1) is 14.0. The molecule has 0 radical (unpaired) electrons. The lowest BCUT2D eigenvalue weighted by molar-refractivity contribution is 0.262. The molecule has 0 spiro atoms. The standard InChI is InChI=1S/C22H22N6O/c1-14(2)16-5-3-6-18(13-16)25-22(29)24-17-10-8-15(9-11-17)19-7-4-12-28-20(19)21(23)26-27-28/h3-14H,23H2,1-2H3,(H2,24,25,29). The zero-order chi connectivity index (χ0) is 20.4. The van der Waals surface area contributed by atoms with Gasteiger partial charge in [0, 0.05) is 23.1 Å². The van der Waals surface area contributed by atoms with Gasteiger partial charge in [0.05, 0.1) is 0 Å². The highest BCUT2D eigenvalue weighted by Gasteiger charge is 2.10. The van der Waals surface area contributed by atoms with Crippen LogP contribution in [-0.4, -0.2) is 20.9 Å². The summed E-state index contributed by atoms with van der Waals surface area (Å²) in [5.41, 5.74) is 11.2. The van der Waals surface area contributed by atoms with Crippen LogP contribution in [0.15, 0.2) is 66.9 Å². The van der Waals surface area contributed by atoms with Crippen LogP contribution in [0, 0.1) is 0 Å². The molecule has 0 aliphatic carbocycles. The number of nitrogens with zero attached hydrogens (tertiary/aromatic N) is 3. The van der Waals surface area contributed by atoms with Crippen LogP contribution in [0.4, 0.5) is 22.0 Å². The lowest BCUT2D eigenvalue weighted by Gasteiger charge is -2.11. The number of urea groups is 1. The molecule has 0 aliphatic rings. The molecule has 0 aliphatic heterocycles. The Balaban J connectivity index is 1.49. The Morgan fingerprint density at radius 2 is 1.76 bits per heavy atom. The zero-order valence-electron chi connectivity index (χ0n) is 16.3. The highest BCUT2D eigenvalue weighted by molar-refractivity contribution is 6.00. The molecule has 7 heteroatoms. The first kappa shape index (κ1) is 18.5. The molecular formula is C22H22N6O. The number of carbonyl (C=O) groups is 1. The largest absolute Gasteiger partial charge is 0.380 e. The second-order valence-electron chi connectivity index (χ2n) is 7.13. The van der Waals surface area contributed by atoms with Gasteiger partial charge in [0.15, 0.2) is 5.82 Å². The van der Waals surface area contributed by atoms with Crippen molar-refractivity contribution in [2.75, 3.05) is 16.4 Å². The number of hydrogen-bond acceptors (Lipinski definition) is 4. The molecule has 0 bridgehead atoms. The van der Waals surface area contributed by atoms with Gasteiger partial charge in [-0.15, -0.1) is 5.10 Å². The Hall–Kier alpha value is -3.87. The Morgan fingerprint density at radius 3 is 2.52 bits per heavy atom. The Kier molecular flexibility index (Phi) is 4.87. The third-order valence-corrected chi connectivity index (χ3v) is 4.73. The SMILES string of the molecule is CC(C)c1cccc(NC(=O)Nc2ccc(-c3cccn4nnc(N)c34)cc2)c1. The van der Waals surface area contributed by atoms with Crippen LogP contribution in [0.2, 0.25) is 0 Å². The van der Waals surface area contributed by atoms with Gasteiger partial charge in [0.2, 0.25) is 0 Å². The normalized spacial score (nSPS) is 11.0. The fourth-order valence-electron chi connectivity index (χ4n) is 3.21. The highest BCUT2D eigenvalue weighted by Crippen LogP contribution is 2.28. The van der Waals surface area contributed by atoms with Crippen molar-refractivity contribution in [1.29, 1.82) is 0 Å². The van der Waals surface area contributed by atoms with E-state index in [-0.39, 0.29) is 6.03 Å². The van der Waals surface area contributed by atoms with E-state index in [1.54, 1.807) is 10.7 Å². The average Bonchev–Trinajstić information content (AvgIpc) is 3.10. The van der Waals surface area contributed by atoms with E-state index in [4.69, 9.17) is 5.73 Å². The summed E-state index contributed by atoms with van der Waals surface area (Å²) in [6, 6.07) is 19.0. The summed E-state index contributed by atoms with van der Waals surface area (Å²) in [6.07, 6.45) is 1.80. The third-order valence-electron chi connectivity index (χ3n) is 4.73. The molecule has 0 unspecified atom stereocenters. The van der Waals surface area contributed by atoms with Crippen LogP contribution >= 0.6 is 0 Å². The predicted octanol–water partition coefficient (Wildman–Crippen LogP) is 4.75. The summed E-state index contributed by atoms with van der Waals surface area (Å²) in [4.78, 5) is 12.3. The van der Waals surface area contributed by atoms with Gasteiger partial charge in [-0.25, -0.2) is 9.31 Å². The molecule has 4 aromatic rings. The van der Waals surface area contributed by atoms with Gasteiger partial charge in [0.25, 0.3) is 0 Å². The second-order valence-corrected chi connectivity index (χ2v) is 7.13. The van der Waals surface area contributed by atoms with Crippen LogP contribution in [0.25, 0.3) is 16.6 Å². The van der Waals surface area contributed by atoms with Crippen LogP contribution in [0.5, 0.6) is 0 Å². The van der Waals surface area contributed by atoms with Crippen LogP contribution in [0.3, 0.4) is 0 Å². The Bertz CT molecular complexity index is 1160. The van der Waals surface area contributed by atoms with E-state index in [1.807, 2.05) is 54.6 Å². The molecule has 0 fully saturated rings. The van der Waals surface area contributed by atoms with Crippen molar-refractivity contribution in [3.05, 3.63) is 72.4 Å². The fourth-order valence-corrected chi connectivity index (χ4v) is 3.21. The molecule has 2 aromatic heterocycles. The number of amides is 2. The van der Waals surface area contributed by atoms with Crippen LogP contribution in [0.1, 0.15) is 25.3 Å². The molecule has 0 saturated carbocycles. The summed E-state index contributed by atoms with van der Waals surface area (Å²) in [7, 11) is 0. The lowest BCUT2D eigenvalue weighted by atomic mass is 10.0. The van der Waals surface area contributed by atoms with Crippen molar-refractivity contribution in [3.8, 4) is 11.1 Å². The molecule has 29 heavy (non-hydrogen) atoms. The number of nitrogens with one attached hydrogen (secondary N) is 2. The van der Waals surface area contributed by atoms with E-state index < -0.39 is 0 Å². The molecule has 7 nitrogen and oxygen atoms in total. The van der Waals surface area contributed by atoms with Gasteiger partial charge < -0.3 is 16.4 Å². The van der Waals surface area contributed by atoms with E-state index in [0.717, 1.165) is 22.3 Å². The van der Waals surface area contributed by atoms with E-state index in [1.165, 1.54) is 5.56 Å². The quantitative estimate of drug-likeness (QED) is 0.472. The number of hydrogen-bond donors (Lipinski definition) is 3. The number of pyridine rings is 1. The van der Waals surface area contributed by atoms with Crippen molar-refractivity contribution >= 4 is 28.7 Å². The maximum absolute atomic E-state index is 12.3. The number of carbonyl (C=O) groups excluding carboxylic acids is 1. The molecule has 4 rings (SSSR count). The maximum Gasteiger partial charge on any atom is 0.323 e. The van der Waals surface area contributed by atoms with Crippen molar-refractivity contribution in [3.63, 3.8) is 0 Å². The van der Waals surface area contributed by atoms with E-state index >= 15 is 0 Å². The summed E-state index contributed by atoms with van der Waals surface area (Å²) in [5.74, 6) is 0.780. The number of aromatic nitrogens is 3. The molecule has 2 aromatic carbocycles. The summed E-state index contributed by atoms with van der Waals surface area (Å²) >= 11 is 0. The zero-order valence-corrected chi connectivity index (χ0v) is 16.3.